The van der Waals surface area contributed by atoms with Gasteiger partial charge in [0.1, 0.15) is 0 Å². The number of benzene rings is 1. The number of nitrogens with zero attached hydrogens (tertiary/aromatic N) is 1. The summed E-state index contributed by atoms with van der Waals surface area (Å²) in [7, 11) is 1.90. The van der Waals surface area contributed by atoms with Crippen LogP contribution < -0.4 is 0 Å². The molecule has 2 aliphatic carbocycles. The highest BCUT2D eigenvalue weighted by molar-refractivity contribution is 6.21. The molecule has 2 aliphatic rings. The zero-order valence-corrected chi connectivity index (χ0v) is 12.8. The molecule has 0 bridgehead atoms. The SMILES string of the molecule is CN(C(=O)c1ccc2c(c1)CCC2)C1CCCCC1Cl. The molecule has 0 saturated heterocycles. The van der Waals surface area contributed by atoms with Crippen molar-refractivity contribution in [1.82, 2.24) is 4.90 Å². The summed E-state index contributed by atoms with van der Waals surface area (Å²) in [4.78, 5) is 14.5. The van der Waals surface area contributed by atoms with Gasteiger partial charge in [0, 0.05) is 18.7 Å². The topological polar surface area (TPSA) is 20.3 Å². The van der Waals surface area contributed by atoms with Crippen LogP contribution >= 0.6 is 11.6 Å². The Balaban J connectivity index is 1.77. The maximum Gasteiger partial charge on any atom is 0.253 e. The first-order valence-corrected chi connectivity index (χ1v) is 8.13. The van der Waals surface area contributed by atoms with Crippen LogP contribution in [0.1, 0.15) is 53.6 Å². The van der Waals surface area contributed by atoms with Crippen LogP contribution in [0.3, 0.4) is 0 Å². The lowest BCUT2D eigenvalue weighted by atomic mass is 9.93. The summed E-state index contributed by atoms with van der Waals surface area (Å²) >= 11 is 6.41. The molecule has 3 heteroatoms. The van der Waals surface area contributed by atoms with Gasteiger partial charge in [0.2, 0.25) is 0 Å². The summed E-state index contributed by atoms with van der Waals surface area (Å²) in [5, 5.41) is 0.104. The van der Waals surface area contributed by atoms with Crippen LogP contribution in [0, 0.1) is 0 Å². The van der Waals surface area contributed by atoms with Gasteiger partial charge in [-0.2, -0.15) is 0 Å². The molecule has 0 spiro atoms. The van der Waals surface area contributed by atoms with Crippen molar-refractivity contribution >= 4 is 17.5 Å². The number of carbonyl (C=O) groups excluding carboxylic acids is 1. The van der Waals surface area contributed by atoms with E-state index in [-0.39, 0.29) is 17.3 Å². The number of aryl methyl sites for hydroxylation is 2. The molecule has 0 radical (unpaired) electrons. The van der Waals surface area contributed by atoms with Gasteiger partial charge in [0.25, 0.3) is 5.91 Å². The number of hydrogen-bond donors (Lipinski definition) is 0. The lowest BCUT2D eigenvalue weighted by Crippen LogP contribution is -2.44. The maximum absolute atomic E-state index is 12.7. The number of amides is 1. The second-order valence-corrected chi connectivity index (χ2v) is 6.68. The third-order valence-corrected chi connectivity index (χ3v) is 5.32. The molecule has 2 atom stereocenters. The zero-order chi connectivity index (χ0) is 14.1. The van der Waals surface area contributed by atoms with Gasteiger partial charge in [-0.3, -0.25) is 4.79 Å². The Morgan fingerprint density at radius 3 is 2.70 bits per heavy atom. The Morgan fingerprint density at radius 1 is 1.15 bits per heavy atom. The fourth-order valence-corrected chi connectivity index (χ4v) is 4.01. The van der Waals surface area contributed by atoms with Crippen molar-refractivity contribution in [1.29, 1.82) is 0 Å². The Hall–Kier alpha value is -1.02. The highest BCUT2D eigenvalue weighted by atomic mass is 35.5. The van der Waals surface area contributed by atoms with Crippen molar-refractivity contribution in [2.75, 3.05) is 7.05 Å². The molecule has 1 saturated carbocycles. The molecule has 2 unspecified atom stereocenters. The van der Waals surface area contributed by atoms with E-state index in [1.165, 1.54) is 30.4 Å². The first-order chi connectivity index (χ1) is 9.66. The highest BCUT2D eigenvalue weighted by Gasteiger charge is 2.30. The van der Waals surface area contributed by atoms with Crippen LogP contribution in [0.25, 0.3) is 0 Å². The fourth-order valence-electron chi connectivity index (χ4n) is 3.56. The standard InChI is InChI=1S/C17H22ClNO/c1-19(16-8-3-2-7-15(16)18)17(20)14-10-9-12-5-4-6-13(12)11-14/h9-11,15-16H,2-8H2,1H3. The second-order valence-electron chi connectivity index (χ2n) is 6.12. The predicted molar refractivity (Wildman–Crippen MR) is 82.5 cm³/mol. The summed E-state index contributed by atoms with van der Waals surface area (Å²) in [5.41, 5.74) is 3.59. The molecule has 2 nitrogen and oxygen atoms in total. The minimum atomic E-state index is 0.104. The van der Waals surface area contributed by atoms with Crippen molar-refractivity contribution in [3.63, 3.8) is 0 Å². The lowest BCUT2D eigenvalue weighted by Gasteiger charge is -2.35. The Bertz CT molecular complexity index is 514. The first kappa shape index (κ1) is 13.9. The molecule has 0 aliphatic heterocycles. The molecule has 1 amide bonds. The van der Waals surface area contributed by atoms with E-state index in [9.17, 15) is 4.79 Å². The Kier molecular flexibility index (Phi) is 4.02. The minimum absolute atomic E-state index is 0.104. The molecule has 108 valence electrons. The van der Waals surface area contributed by atoms with Crippen molar-refractivity contribution in [2.24, 2.45) is 0 Å². The molecular formula is C17H22ClNO. The van der Waals surface area contributed by atoms with Crippen LogP contribution in [-0.4, -0.2) is 29.3 Å². The van der Waals surface area contributed by atoms with Crippen LogP contribution in [0.15, 0.2) is 18.2 Å². The van der Waals surface area contributed by atoms with Crippen molar-refractivity contribution in [3.8, 4) is 0 Å². The first-order valence-electron chi connectivity index (χ1n) is 7.70. The largest absolute Gasteiger partial charge is 0.337 e. The van der Waals surface area contributed by atoms with Gasteiger partial charge in [-0.05, 0) is 55.4 Å². The lowest BCUT2D eigenvalue weighted by molar-refractivity contribution is 0.0700. The number of carbonyl (C=O) groups is 1. The van der Waals surface area contributed by atoms with Gasteiger partial charge in [-0.25, -0.2) is 0 Å². The molecule has 0 aromatic heterocycles. The predicted octanol–water partition coefficient (Wildman–Crippen LogP) is 3.80. The van der Waals surface area contributed by atoms with Gasteiger partial charge < -0.3 is 4.90 Å². The summed E-state index contributed by atoms with van der Waals surface area (Å²) < 4.78 is 0. The molecule has 3 rings (SSSR count). The van der Waals surface area contributed by atoms with Gasteiger partial charge in [0.15, 0.2) is 0 Å². The van der Waals surface area contributed by atoms with Crippen LogP contribution in [0.4, 0.5) is 0 Å². The van der Waals surface area contributed by atoms with Crippen LogP contribution in [0.2, 0.25) is 0 Å². The molecule has 1 fully saturated rings. The van der Waals surface area contributed by atoms with Gasteiger partial charge in [-0.15, -0.1) is 11.6 Å². The quantitative estimate of drug-likeness (QED) is 0.759. The van der Waals surface area contributed by atoms with E-state index in [2.05, 4.69) is 12.1 Å². The van der Waals surface area contributed by atoms with E-state index in [4.69, 9.17) is 11.6 Å². The minimum Gasteiger partial charge on any atom is -0.337 e. The van der Waals surface area contributed by atoms with Gasteiger partial charge in [-0.1, -0.05) is 18.9 Å². The summed E-state index contributed by atoms with van der Waals surface area (Å²) in [6.45, 7) is 0. The molecule has 20 heavy (non-hydrogen) atoms. The Labute approximate surface area is 126 Å². The molecule has 0 heterocycles. The van der Waals surface area contributed by atoms with E-state index < -0.39 is 0 Å². The highest BCUT2D eigenvalue weighted by Crippen LogP contribution is 2.28. The van der Waals surface area contributed by atoms with Crippen molar-refractivity contribution < 1.29 is 4.79 Å². The average Bonchev–Trinajstić information content (AvgIpc) is 2.93. The number of fused-ring (bicyclic) bond motifs is 1. The number of hydrogen-bond acceptors (Lipinski definition) is 1. The smallest absolute Gasteiger partial charge is 0.253 e. The van der Waals surface area contributed by atoms with Gasteiger partial charge in [0.05, 0.1) is 5.38 Å². The van der Waals surface area contributed by atoms with E-state index in [0.29, 0.717) is 0 Å². The fraction of sp³-hybridized carbons (Fsp3) is 0.588. The summed E-state index contributed by atoms with van der Waals surface area (Å²) in [5.74, 6) is 0.122. The molecule has 1 aromatic rings. The summed E-state index contributed by atoms with van der Waals surface area (Å²) in [6.07, 6.45) is 7.90. The Morgan fingerprint density at radius 2 is 1.90 bits per heavy atom. The monoisotopic (exact) mass is 291 g/mol. The summed E-state index contributed by atoms with van der Waals surface area (Å²) in [6, 6.07) is 6.39. The molecule has 1 aromatic carbocycles. The molecule has 0 N–H and O–H groups in total. The van der Waals surface area contributed by atoms with Gasteiger partial charge >= 0.3 is 0 Å². The zero-order valence-electron chi connectivity index (χ0n) is 12.1. The average molecular weight is 292 g/mol. The van der Waals surface area contributed by atoms with Crippen LogP contribution in [-0.2, 0) is 12.8 Å². The number of rotatable bonds is 2. The van der Waals surface area contributed by atoms with E-state index in [1.54, 1.807) is 0 Å². The van der Waals surface area contributed by atoms with E-state index >= 15 is 0 Å². The third-order valence-electron chi connectivity index (χ3n) is 4.81. The third kappa shape index (κ3) is 2.58. The van der Waals surface area contributed by atoms with Crippen molar-refractivity contribution in [3.05, 3.63) is 34.9 Å². The number of alkyl halides is 1. The van der Waals surface area contributed by atoms with E-state index in [0.717, 1.165) is 31.2 Å². The van der Waals surface area contributed by atoms with Crippen molar-refractivity contribution in [2.45, 2.75) is 56.4 Å². The maximum atomic E-state index is 12.7. The second kappa shape index (κ2) is 5.77. The molecular weight excluding hydrogens is 270 g/mol. The van der Waals surface area contributed by atoms with E-state index in [1.807, 2.05) is 18.0 Å². The number of halogens is 1. The normalized spacial score (nSPS) is 25.3. The van der Waals surface area contributed by atoms with Crippen LogP contribution in [0.5, 0.6) is 0 Å².